The van der Waals surface area contributed by atoms with Gasteiger partial charge in [-0.05, 0) is 18.4 Å². The van der Waals surface area contributed by atoms with E-state index in [-0.39, 0.29) is 0 Å². The summed E-state index contributed by atoms with van der Waals surface area (Å²) < 4.78 is 1.86. The quantitative estimate of drug-likeness (QED) is 0.538. The molecule has 3 aliphatic rings. The Kier molecular flexibility index (Phi) is 3.83. The highest BCUT2D eigenvalue weighted by Crippen LogP contribution is 2.20. The fraction of sp³-hybridized carbons (Fsp3) is 0.769. The van der Waals surface area contributed by atoms with Crippen LogP contribution in [0.3, 0.4) is 0 Å². The van der Waals surface area contributed by atoms with E-state index in [2.05, 4.69) is 26.5 Å². The molecule has 6 heteroatoms. The molecule has 3 saturated heterocycles. The first-order chi connectivity index (χ1) is 9.26. The van der Waals surface area contributed by atoms with Crippen LogP contribution in [-0.2, 0) is 13.5 Å². The van der Waals surface area contributed by atoms with Crippen LogP contribution in [-0.4, -0.2) is 64.4 Å². The molecule has 3 fully saturated rings. The fourth-order valence-electron chi connectivity index (χ4n) is 3.35. The van der Waals surface area contributed by atoms with Crippen LogP contribution in [0.5, 0.6) is 0 Å². The lowest BCUT2D eigenvalue weighted by Crippen LogP contribution is -2.67. The van der Waals surface area contributed by atoms with Crippen molar-refractivity contribution in [2.45, 2.75) is 24.9 Å². The number of nitrogens with zero attached hydrogens (tertiary/aromatic N) is 4. The minimum Gasteiger partial charge on any atom is -0.299 e. The van der Waals surface area contributed by atoms with Crippen molar-refractivity contribution in [2.75, 3.05) is 32.7 Å². The van der Waals surface area contributed by atoms with E-state index >= 15 is 0 Å². The van der Waals surface area contributed by atoms with Crippen LogP contribution in [0.1, 0.15) is 12.0 Å². The average molecular weight is 264 g/mol. The number of rotatable bonds is 5. The number of aromatic nitrogens is 2. The van der Waals surface area contributed by atoms with E-state index in [0.717, 1.165) is 19.4 Å². The Hall–Kier alpha value is -0.950. The van der Waals surface area contributed by atoms with Crippen molar-refractivity contribution in [3.8, 4) is 0 Å². The smallest absolute Gasteiger partial charge is 0.0521 e. The number of nitrogens with one attached hydrogen (secondary N) is 1. The van der Waals surface area contributed by atoms with Gasteiger partial charge in [-0.2, -0.15) is 5.10 Å². The predicted molar refractivity (Wildman–Crippen MR) is 74.4 cm³/mol. The highest BCUT2D eigenvalue weighted by molar-refractivity contribution is 5.05. The molecule has 0 radical (unpaired) electrons. The van der Waals surface area contributed by atoms with Gasteiger partial charge in [-0.1, -0.05) is 0 Å². The van der Waals surface area contributed by atoms with Gasteiger partial charge in [0.25, 0.3) is 0 Å². The van der Waals surface area contributed by atoms with Crippen molar-refractivity contribution in [2.24, 2.45) is 12.9 Å². The van der Waals surface area contributed by atoms with E-state index in [0.29, 0.717) is 12.1 Å². The van der Waals surface area contributed by atoms with Crippen molar-refractivity contribution >= 4 is 0 Å². The van der Waals surface area contributed by atoms with Crippen LogP contribution in [0, 0.1) is 0 Å². The molecule has 0 spiro atoms. The first-order valence-corrected chi connectivity index (χ1v) is 7.16. The Morgan fingerprint density at radius 2 is 2.21 bits per heavy atom. The highest BCUT2D eigenvalue weighted by Gasteiger charge is 2.36. The Morgan fingerprint density at radius 1 is 1.42 bits per heavy atom. The van der Waals surface area contributed by atoms with Gasteiger partial charge in [-0.25, -0.2) is 0 Å². The maximum Gasteiger partial charge on any atom is 0.0521 e. The minimum absolute atomic E-state index is 0.364. The molecule has 19 heavy (non-hydrogen) atoms. The molecule has 3 N–H and O–H groups in total. The summed E-state index contributed by atoms with van der Waals surface area (Å²) in [5.41, 5.74) is 4.33. The molecule has 0 saturated carbocycles. The van der Waals surface area contributed by atoms with Gasteiger partial charge in [0.2, 0.25) is 0 Å². The minimum atomic E-state index is 0.364. The first kappa shape index (κ1) is 13.1. The zero-order valence-corrected chi connectivity index (χ0v) is 11.6. The van der Waals surface area contributed by atoms with Gasteiger partial charge in [0.15, 0.2) is 0 Å². The second kappa shape index (κ2) is 5.58. The molecule has 106 valence electrons. The van der Waals surface area contributed by atoms with Crippen molar-refractivity contribution < 1.29 is 0 Å². The van der Waals surface area contributed by atoms with Gasteiger partial charge < -0.3 is 0 Å². The zero-order chi connectivity index (χ0) is 13.2. The molecule has 6 nitrogen and oxygen atoms in total. The van der Waals surface area contributed by atoms with E-state index in [1.807, 2.05) is 17.9 Å². The predicted octanol–water partition coefficient (Wildman–Crippen LogP) is -0.816. The molecule has 2 bridgehead atoms. The fourth-order valence-corrected chi connectivity index (χ4v) is 3.35. The molecule has 0 amide bonds. The Morgan fingerprint density at radius 3 is 2.74 bits per heavy atom. The summed E-state index contributed by atoms with van der Waals surface area (Å²) in [5, 5.41) is 4.22. The molecule has 3 aliphatic heterocycles. The topological polar surface area (TPSA) is 62.4 Å². The number of hydrazine groups is 1. The summed E-state index contributed by atoms with van der Waals surface area (Å²) in [4.78, 5) is 5.15. The lowest BCUT2D eigenvalue weighted by molar-refractivity contribution is -0.00442. The third-order valence-electron chi connectivity index (χ3n) is 4.50. The molecule has 2 atom stereocenters. The van der Waals surface area contributed by atoms with Gasteiger partial charge in [0.1, 0.15) is 0 Å². The number of piperazine rings is 3. The van der Waals surface area contributed by atoms with Crippen LogP contribution < -0.4 is 11.3 Å². The molecule has 1 aromatic rings. The zero-order valence-electron chi connectivity index (χ0n) is 11.6. The Bertz CT molecular complexity index is 409. The Labute approximate surface area is 114 Å². The Balaban J connectivity index is 1.58. The van der Waals surface area contributed by atoms with E-state index < -0.39 is 0 Å². The van der Waals surface area contributed by atoms with Crippen LogP contribution in [0.4, 0.5) is 0 Å². The van der Waals surface area contributed by atoms with Crippen molar-refractivity contribution in [3.05, 3.63) is 18.0 Å². The summed E-state index contributed by atoms with van der Waals surface area (Å²) in [5.74, 6) is 5.79. The van der Waals surface area contributed by atoms with E-state index in [9.17, 15) is 0 Å². The lowest BCUT2D eigenvalue weighted by atomic mass is 9.96. The molecule has 4 rings (SSSR count). The monoisotopic (exact) mass is 264 g/mol. The van der Waals surface area contributed by atoms with E-state index in [4.69, 9.17) is 5.84 Å². The van der Waals surface area contributed by atoms with Gasteiger partial charge in [-0.3, -0.25) is 25.8 Å². The van der Waals surface area contributed by atoms with Crippen molar-refractivity contribution in [1.82, 2.24) is 25.0 Å². The summed E-state index contributed by atoms with van der Waals surface area (Å²) in [6.45, 7) is 5.97. The number of fused-ring (bicyclic) bond motifs is 3. The van der Waals surface area contributed by atoms with Crippen LogP contribution in [0.15, 0.2) is 12.4 Å². The summed E-state index contributed by atoms with van der Waals surface area (Å²) in [6, 6.07) is 0.924. The molecule has 0 aliphatic carbocycles. The molecular formula is C13H24N6. The van der Waals surface area contributed by atoms with Crippen LogP contribution >= 0.6 is 0 Å². The number of aryl methyl sites for hydroxylation is 2. The largest absolute Gasteiger partial charge is 0.299 e. The lowest BCUT2D eigenvalue weighted by Gasteiger charge is -2.50. The van der Waals surface area contributed by atoms with Gasteiger partial charge in [-0.15, -0.1) is 0 Å². The SMILES string of the molecule is Cn1cc(CCC(NN)C2CN3CCN2CC3)cn1. The molecule has 2 unspecified atom stereocenters. The number of hydrogen-bond donors (Lipinski definition) is 2. The number of hydrogen-bond acceptors (Lipinski definition) is 5. The molecule has 4 heterocycles. The van der Waals surface area contributed by atoms with Crippen molar-refractivity contribution in [1.29, 1.82) is 0 Å². The highest BCUT2D eigenvalue weighted by atomic mass is 15.4. The second-order valence-electron chi connectivity index (χ2n) is 5.74. The van der Waals surface area contributed by atoms with Gasteiger partial charge in [0, 0.05) is 58.1 Å². The van der Waals surface area contributed by atoms with Crippen molar-refractivity contribution in [3.63, 3.8) is 0 Å². The summed E-state index contributed by atoms with van der Waals surface area (Å²) >= 11 is 0. The normalized spacial score (nSPS) is 31.6. The number of nitrogens with two attached hydrogens (primary N) is 1. The maximum atomic E-state index is 5.79. The van der Waals surface area contributed by atoms with Gasteiger partial charge >= 0.3 is 0 Å². The third-order valence-corrected chi connectivity index (χ3v) is 4.50. The maximum absolute atomic E-state index is 5.79. The van der Waals surface area contributed by atoms with E-state index in [1.165, 1.54) is 31.7 Å². The van der Waals surface area contributed by atoms with Crippen LogP contribution in [0.25, 0.3) is 0 Å². The first-order valence-electron chi connectivity index (χ1n) is 7.16. The van der Waals surface area contributed by atoms with E-state index in [1.54, 1.807) is 0 Å². The summed E-state index contributed by atoms with van der Waals surface area (Å²) in [6.07, 6.45) is 6.14. The molecule has 1 aromatic heterocycles. The van der Waals surface area contributed by atoms with Crippen LogP contribution in [0.2, 0.25) is 0 Å². The van der Waals surface area contributed by atoms with Gasteiger partial charge in [0.05, 0.1) is 6.20 Å². The summed E-state index contributed by atoms with van der Waals surface area (Å²) in [7, 11) is 1.96. The standard InChI is InChI=1S/C13H24N6/c1-17-9-11(8-15-17)2-3-12(16-14)13-10-18-4-6-19(13)7-5-18/h8-9,12-13,16H,2-7,10,14H2,1H3. The molecule has 0 aromatic carbocycles. The third kappa shape index (κ3) is 2.81. The second-order valence-corrected chi connectivity index (χ2v) is 5.74. The average Bonchev–Trinajstić information content (AvgIpc) is 2.87. The molecular weight excluding hydrogens is 240 g/mol.